The van der Waals surface area contributed by atoms with Gasteiger partial charge in [0.05, 0.1) is 0 Å². The van der Waals surface area contributed by atoms with E-state index in [1.54, 1.807) is 24.3 Å². The van der Waals surface area contributed by atoms with Gasteiger partial charge in [0.15, 0.2) is 0 Å². The second-order valence-electron chi connectivity index (χ2n) is 6.83. The maximum absolute atomic E-state index is 12.6. The molecule has 4 heteroatoms. The van der Waals surface area contributed by atoms with Crippen molar-refractivity contribution in [2.24, 2.45) is 0 Å². The van der Waals surface area contributed by atoms with Gasteiger partial charge in [-0.3, -0.25) is 9.59 Å². The van der Waals surface area contributed by atoms with Crippen LogP contribution in [0.5, 0.6) is 0 Å². The number of carbonyl (C=O) groups is 2. The zero-order valence-corrected chi connectivity index (χ0v) is 14.7. The predicted octanol–water partition coefficient (Wildman–Crippen LogP) is 3.57. The summed E-state index contributed by atoms with van der Waals surface area (Å²) in [6, 6.07) is 7.41. The fourth-order valence-electron chi connectivity index (χ4n) is 3.25. The van der Waals surface area contributed by atoms with Gasteiger partial charge in [-0.05, 0) is 71.2 Å². The molecule has 0 radical (unpaired) electrons. The molecule has 2 rings (SSSR count). The molecule has 0 atom stereocenters. The predicted molar refractivity (Wildman–Crippen MR) is 92.6 cm³/mol. The summed E-state index contributed by atoms with van der Waals surface area (Å²) in [5.41, 5.74) is 1.31. The summed E-state index contributed by atoms with van der Waals surface area (Å²) in [5, 5.41) is 0. The summed E-state index contributed by atoms with van der Waals surface area (Å²) in [6.07, 6.45) is 3.37. The molecule has 1 aromatic carbocycles. The zero-order valence-electron chi connectivity index (χ0n) is 14.7. The lowest BCUT2D eigenvalue weighted by Gasteiger charge is -2.31. The molecule has 0 aromatic heterocycles. The minimum Gasteiger partial charge on any atom is -0.339 e. The molecule has 0 unspecified atom stereocenters. The molecule has 1 aromatic rings. The number of benzene rings is 1. The molecule has 0 N–H and O–H groups in total. The van der Waals surface area contributed by atoms with Crippen LogP contribution in [0.1, 0.15) is 67.7 Å². The molecule has 4 nitrogen and oxygen atoms in total. The number of likely N-dealkylation sites (tertiary alicyclic amines) is 1. The van der Waals surface area contributed by atoms with Gasteiger partial charge in [-0.25, -0.2) is 0 Å². The highest BCUT2D eigenvalue weighted by Crippen LogP contribution is 2.16. The Kier molecular flexibility index (Phi) is 5.80. The van der Waals surface area contributed by atoms with Crippen LogP contribution in [0.25, 0.3) is 0 Å². The highest BCUT2D eigenvalue weighted by molar-refractivity contribution is 5.98. The van der Waals surface area contributed by atoms with Gasteiger partial charge in [-0.15, -0.1) is 0 Å². The third kappa shape index (κ3) is 4.12. The second-order valence-corrected chi connectivity index (χ2v) is 6.83. The van der Waals surface area contributed by atoms with E-state index < -0.39 is 0 Å². The molecule has 1 aliphatic heterocycles. The standard InChI is InChI=1S/C19H28N2O2/c1-14(2)21(15(3)4)19(23)17-10-8-16(9-11-17)18(22)20-12-6-5-7-13-20/h8-11,14-15H,5-7,12-13H2,1-4H3. The normalized spacial score (nSPS) is 15.1. The van der Waals surface area contributed by atoms with Crippen LogP contribution in [0.2, 0.25) is 0 Å². The van der Waals surface area contributed by atoms with Crippen molar-refractivity contribution < 1.29 is 9.59 Å². The van der Waals surface area contributed by atoms with E-state index in [1.807, 2.05) is 37.5 Å². The first kappa shape index (κ1) is 17.5. The van der Waals surface area contributed by atoms with Crippen LogP contribution in [-0.4, -0.2) is 46.8 Å². The van der Waals surface area contributed by atoms with Crippen LogP contribution < -0.4 is 0 Å². The van der Waals surface area contributed by atoms with E-state index in [0.29, 0.717) is 11.1 Å². The molecule has 1 saturated heterocycles. The lowest BCUT2D eigenvalue weighted by molar-refractivity contribution is 0.0641. The molecule has 1 fully saturated rings. The molecule has 0 bridgehead atoms. The number of hydrogen-bond acceptors (Lipinski definition) is 2. The van der Waals surface area contributed by atoms with Gasteiger partial charge in [-0.1, -0.05) is 0 Å². The van der Waals surface area contributed by atoms with Crippen LogP contribution in [0.4, 0.5) is 0 Å². The minimum atomic E-state index is 0.0203. The molecule has 23 heavy (non-hydrogen) atoms. The van der Waals surface area contributed by atoms with Crippen LogP contribution in [0, 0.1) is 0 Å². The SMILES string of the molecule is CC(C)N(C(=O)c1ccc(C(=O)N2CCCCC2)cc1)C(C)C. The van der Waals surface area contributed by atoms with Gasteiger partial charge in [0.2, 0.25) is 0 Å². The highest BCUT2D eigenvalue weighted by Gasteiger charge is 2.22. The maximum atomic E-state index is 12.6. The summed E-state index contributed by atoms with van der Waals surface area (Å²) in [7, 11) is 0. The third-order valence-corrected chi connectivity index (χ3v) is 4.37. The third-order valence-electron chi connectivity index (χ3n) is 4.37. The van der Waals surface area contributed by atoms with Crippen LogP contribution in [0.3, 0.4) is 0 Å². The largest absolute Gasteiger partial charge is 0.339 e. The van der Waals surface area contributed by atoms with Crippen molar-refractivity contribution in [2.75, 3.05) is 13.1 Å². The summed E-state index contributed by atoms with van der Waals surface area (Å²) in [4.78, 5) is 28.9. The second kappa shape index (κ2) is 7.62. The molecular weight excluding hydrogens is 288 g/mol. The van der Waals surface area contributed by atoms with Crippen molar-refractivity contribution in [2.45, 2.75) is 59.0 Å². The molecule has 1 heterocycles. The van der Waals surface area contributed by atoms with Crippen molar-refractivity contribution in [3.8, 4) is 0 Å². The fraction of sp³-hybridized carbons (Fsp3) is 0.579. The Morgan fingerprint density at radius 2 is 1.35 bits per heavy atom. The number of nitrogens with zero attached hydrogens (tertiary/aromatic N) is 2. The first-order valence-corrected chi connectivity index (χ1v) is 8.64. The van der Waals surface area contributed by atoms with Crippen molar-refractivity contribution in [1.82, 2.24) is 9.80 Å². The minimum absolute atomic E-state index is 0.0203. The van der Waals surface area contributed by atoms with Gasteiger partial charge >= 0.3 is 0 Å². The first-order valence-electron chi connectivity index (χ1n) is 8.64. The van der Waals surface area contributed by atoms with Gasteiger partial charge in [-0.2, -0.15) is 0 Å². The molecule has 0 spiro atoms. The zero-order chi connectivity index (χ0) is 17.0. The number of piperidine rings is 1. The lowest BCUT2D eigenvalue weighted by atomic mass is 10.1. The van der Waals surface area contributed by atoms with Gasteiger partial charge in [0.1, 0.15) is 0 Å². The maximum Gasteiger partial charge on any atom is 0.254 e. The number of amides is 2. The number of hydrogen-bond donors (Lipinski definition) is 0. The Hall–Kier alpha value is -1.84. The molecule has 0 aliphatic carbocycles. The fourth-order valence-corrected chi connectivity index (χ4v) is 3.25. The summed E-state index contributed by atoms with van der Waals surface area (Å²) >= 11 is 0. The molecule has 0 saturated carbocycles. The summed E-state index contributed by atoms with van der Waals surface area (Å²) < 4.78 is 0. The Bertz CT molecular complexity index is 535. The van der Waals surface area contributed by atoms with E-state index >= 15 is 0 Å². The van der Waals surface area contributed by atoms with Gasteiger partial charge in [0, 0.05) is 36.3 Å². The van der Waals surface area contributed by atoms with Crippen LogP contribution >= 0.6 is 0 Å². The average molecular weight is 316 g/mol. The Balaban J connectivity index is 2.12. The molecule has 126 valence electrons. The van der Waals surface area contributed by atoms with E-state index in [4.69, 9.17) is 0 Å². The van der Waals surface area contributed by atoms with Gasteiger partial charge < -0.3 is 9.80 Å². The average Bonchev–Trinajstić information content (AvgIpc) is 2.54. The lowest BCUT2D eigenvalue weighted by Crippen LogP contribution is -2.42. The van der Waals surface area contributed by atoms with Crippen molar-refractivity contribution in [3.05, 3.63) is 35.4 Å². The number of rotatable bonds is 4. The summed E-state index contributed by atoms with van der Waals surface area (Å²) in [5.74, 6) is 0.0974. The first-order chi connectivity index (χ1) is 10.9. The van der Waals surface area contributed by atoms with Crippen LogP contribution in [-0.2, 0) is 0 Å². The van der Waals surface area contributed by atoms with Gasteiger partial charge in [0.25, 0.3) is 11.8 Å². The van der Waals surface area contributed by atoms with E-state index in [0.717, 1.165) is 25.9 Å². The van der Waals surface area contributed by atoms with Crippen molar-refractivity contribution >= 4 is 11.8 Å². The van der Waals surface area contributed by atoms with Crippen molar-refractivity contribution in [3.63, 3.8) is 0 Å². The highest BCUT2D eigenvalue weighted by atomic mass is 16.2. The Morgan fingerprint density at radius 1 is 0.870 bits per heavy atom. The summed E-state index contributed by atoms with van der Waals surface area (Å²) in [6.45, 7) is 9.76. The Morgan fingerprint density at radius 3 is 1.83 bits per heavy atom. The van der Waals surface area contributed by atoms with E-state index in [2.05, 4.69) is 0 Å². The van der Waals surface area contributed by atoms with E-state index in [-0.39, 0.29) is 23.9 Å². The van der Waals surface area contributed by atoms with E-state index in [1.165, 1.54) is 6.42 Å². The quantitative estimate of drug-likeness (QED) is 0.852. The molecular formula is C19H28N2O2. The van der Waals surface area contributed by atoms with Crippen molar-refractivity contribution in [1.29, 1.82) is 0 Å². The molecule has 1 aliphatic rings. The smallest absolute Gasteiger partial charge is 0.254 e. The molecule has 2 amide bonds. The number of carbonyl (C=O) groups excluding carboxylic acids is 2. The monoisotopic (exact) mass is 316 g/mol. The van der Waals surface area contributed by atoms with Crippen LogP contribution in [0.15, 0.2) is 24.3 Å². The topological polar surface area (TPSA) is 40.6 Å². The van der Waals surface area contributed by atoms with E-state index in [9.17, 15) is 9.59 Å². The Labute approximate surface area is 139 Å².